The van der Waals surface area contributed by atoms with Crippen molar-refractivity contribution in [3.8, 4) is 11.5 Å². The molecular weight excluding hydrogens is 471 g/mol. The van der Waals surface area contributed by atoms with Crippen molar-refractivity contribution < 1.29 is 9.47 Å². The average molecular weight is 498 g/mol. The third kappa shape index (κ3) is 4.86. The van der Waals surface area contributed by atoms with Crippen molar-refractivity contribution in [2.45, 2.75) is 51.7 Å². The lowest BCUT2D eigenvalue weighted by molar-refractivity contribution is 0.174. The van der Waals surface area contributed by atoms with Gasteiger partial charge >= 0.3 is 0 Å². The molecule has 0 atom stereocenters. The lowest BCUT2D eigenvalue weighted by Crippen LogP contribution is -2.42. The molecule has 0 radical (unpaired) electrons. The second-order valence-electron chi connectivity index (χ2n) is 7.05. The Labute approximate surface area is 182 Å². The predicted octanol–water partition coefficient (Wildman–Crippen LogP) is 2.65. The van der Waals surface area contributed by atoms with Crippen LogP contribution in [0.1, 0.15) is 42.9 Å². The Bertz CT molecular complexity index is 832. The smallest absolute Gasteiger partial charge is 0.231 e. The van der Waals surface area contributed by atoms with Crippen LogP contribution < -0.4 is 20.1 Å². The Morgan fingerprint density at radius 1 is 1.21 bits per heavy atom. The van der Waals surface area contributed by atoms with E-state index >= 15 is 0 Å². The fraction of sp³-hybridized carbons (Fsp3) is 0.526. The van der Waals surface area contributed by atoms with Crippen LogP contribution in [0.3, 0.4) is 0 Å². The monoisotopic (exact) mass is 498 g/mol. The standard InChI is InChI=1S/C19H26N6O2.HI/c1-13-23-24-18(25(13)2)11-21-19(22-15-5-3-4-6-15)20-10-14-7-8-16-17(9-14)27-12-26-16;/h7-9,15H,3-6,10-12H2,1-2H3,(H2,20,21,22);1H. The Kier molecular flexibility index (Phi) is 6.97. The Morgan fingerprint density at radius 2 is 2.00 bits per heavy atom. The van der Waals surface area contributed by atoms with Crippen molar-refractivity contribution in [2.75, 3.05) is 6.79 Å². The van der Waals surface area contributed by atoms with Gasteiger partial charge in [0.15, 0.2) is 23.3 Å². The maximum atomic E-state index is 5.45. The quantitative estimate of drug-likeness (QED) is 0.375. The number of aryl methyl sites for hydroxylation is 1. The molecule has 1 aliphatic heterocycles. The molecule has 4 rings (SSSR count). The highest BCUT2D eigenvalue weighted by Gasteiger charge is 2.17. The van der Waals surface area contributed by atoms with Crippen molar-refractivity contribution in [1.29, 1.82) is 0 Å². The Balaban J connectivity index is 0.00000225. The zero-order valence-electron chi connectivity index (χ0n) is 16.3. The summed E-state index contributed by atoms with van der Waals surface area (Å²) < 4.78 is 12.8. The van der Waals surface area contributed by atoms with Crippen LogP contribution in [0.2, 0.25) is 0 Å². The summed E-state index contributed by atoms with van der Waals surface area (Å²) in [5.41, 5.74) is 1.08. The van der Waals surface area contributed by atoms with Gasteiger partial charge in [0.2, 0.25) is 6.79 Å². The molecule has 1 saturated carbocycles. The molecule has 1 aromatic heterocycles. The van der Waals surface area contributed by atoms with Crippen molar-refractivity contribution in [1.82, 2.24) is 25.4 Å². The van der Waals surface area contributed by atoms with Crippen LogP contribution in [0.25, 0.3) is 0 Å². The number of rotatable bonds is 5. The highest BCUT2D eigenvalue weighted by atomic mass is 127. The van der Waals surface area contributed by atoms with Crippen LogP contribution in [0.5, 0.6) is 11.5 Å². The maximum Gasteiger partial charge on any atom is 0.231 e. The van der Waals surface area contributed by atoms with Crippen molar-refractivity contribution in [2.24, 2.45) is 12.0 Å². The fourth-order valence-corrected chi connectivity index (χ4v) is 3.39. The topological polar surface area (TPSA) is 85.6 Å². The van der Waals surface area contributed by atoms with Crippen LogP contribution >= 0.6 is 24.0 Å². The number of hydrogen-bond acceptors (Lipinski definition) is 5. The number of aliphatic imine (C=N–C) groups is 1. The molecule has 1 aliphatic carbocycles. The summed E-state index contributed by atoms with van der Waals surface area (Å²) in [5, 5.41) is 15.3. The zero-order chi connectivity index (χ0) is 18.6. The van der Waals surface area contributed by atoms with Gasteiger partial charge in [0, 0.05) is 13.1 Å². The zero-order valence-corrected chi connectivity index (χ0v) is 18.6. The van der Waals surface area contributed by atoms with Crippen LogP contribution in [0, 0.1) is 6.92 Å². The van der Waals surface area contributed by atoms with Crippen molar-refractivity contribution >= 4 is 29.9 Å². The second kappa shape index (κ2) is 9.44. The first kappa shape index (κ1) is 20.7. The van der Waals surface area contributed by atoms with Gasteiger partial charge in [0.1, 0.15) is 5.82 Å². The van der Waals surface area contributed by atoms with Gasteiger partial charge in [-0.15, -0.1) is 34.2 Å². The van der Waals surface area contributed by atoms with E-state index in [1.165, 1.54) is 25.7 Å². The minimum Gasteiger partial charge on any atom is -0.454 e. The van der Waals surface area contributed by atoms with Gasteiger partial charge in [-0.2, -0.15) is 0 Å². The van der Waals surface area contributed by atoms with E-state index in [-0.39, 0.29) is 30.8 Å². The molecule has 2 aromatic rings. The average Bonchev–Trinajstić information content (AvgIpc) is 3.41. The van der Waals surface area contributed by atoms with Gasteiger partial charge in [-0.05, 0) is 37.5 Å². The van der Waals surface area contributed by atoms with E-state index in [1.54, 1.807) is 0 Å². The molecule has 9 heteroatoms. The molecule has 0 amide bonds. The van der Waals surface area contributed by atoms with Crippen LogP contribution in [-0.4, -0.2) is 33.6 Å². The maximum absolute atomic E-state index is 5.45. The van der Waals surface area contributed by atoms with Crippen molar-refractivity contribution in [3.63, 3.8) is 0 Å². The number of nitrogens with zero attached hydrogens (tertiary/aromatic N) is 4. The number of ether oxygens (including phenoxy) is 2. The SMILES string of the molecule is Cc1nnc(CNC(=NCc2ccc3c(c2)OCO3)NC2CCCC2)n1C.I. The summed E-state index contributed by atoms with van der Waals surface area (Å²) in [7, 11) is 1.97. The minimum atomic E-state index is 0. The predicted molar refractivity (Wildman–Crippen MR) is 117 cm³/mol. The summed E-state index contributed by atoms with van der Waals surface area (Å²) in [4.78, 5) is 4.78. The van der Waals surface area contributed by atoms with E-state index in [0.717, 1.165) is 34.7 Å². The normalized spacial score (nSPS) is 16.1. The molecule has 2 heterocycles. The minimum absolute atomic E-state index is 0. The fourth-order valence-electron chi connectivity index (χ4n) is 3.39. The summed E-state index contributed by atoms with van der Waals surface area (Å²) >= 11 is 0. The third-order valence-corrected chi connectivity index (χ3v) is 5.15. The van der Waals surface area contributed by atoms with Crippen molar-refractivity contribution in [3.05, 3.63) is 35.4 Å². The Hall–Kier alpha value is -2.04. The van der Waals surface area contributed by atoms with E-state index in [1.807, 2.05) is 36.7 Å². The van der Waals surface area contributed by atoms with Crippen LogP contribution in [0.4, 0.5) is 0 Å². The summed E-state index contributed by atoms with van der Waals surface area (Å²) in [5.74, 6) is 4.17. The van der Waals surface area contributed by atoms with Gasteiger partial charge in [0.25, 0.3) is 0 Å². The largest absolute Gasteiger partial charge is 0.454 e. The van der Waals surface area contributed by atoms with Gasteiger partial charge in [-0.1, -0.05) is 18.9 Å². The molecule has 1 aromatic carbocycles. The lowest BCUT2D eigenvalue weighted by atomic mass is 10.2. The molecule has 1 fully saturated rings. The lowest BCUT2D eigenvalue weighted by Gasteiger charge is -2.17. The summed E-state index contributed by atoms with van der Waals surface area (Å²) in [6.45, 7) is 3.38. The first-order valence-corrected chi connectivity index (χ1v) is 9.47. The molecule has 2 aliphatic rings. The molecule has 0 spiro atoms. The van der Waals surface area contributed by atoms with E-state index in [2.05, 4.69) is 20.8 Å². The van der Waals surface area contributed by atoms with E-state index in [9.17, 15) is 0 Å². The number of halogens is 1. The van der Waals surface area contributed by atoms with Crippen LogP contribution in [0.15, 0.2) is 23.2 Å². The number of guanidine groups is 1. The van der Waals surface area contributed by atoms with Gasteiger partial charge in [-0.25, -0.2) is 4.99 Å². The number of aromatic nitrogens is 3. The van der Waals surface area contributed by atoms with E-state index < -0.39 is 0 Å². The van der Waals surface area contributed by atoms with E-state index in [4.69, 9.17) is 14.5 Å². The molecule has 0 saturated heterocycles. The summed E-state index contributed by atoms with van der Waals surface area (Å²) in [6, 6.07) is 6.43. The molecule has 28 heavy (non-hydrogen) atoms. The number of hydrogen-bond donors (Lipinski definition) is 2. The molecular formula is C19H27IN6O2. The molecule has 152 valence electrons. The molecule has 8 nitrogen and oxygen atoms in total. The Morgan fingerprint density at radius 3 is 2.75 bits per heavy atom. The number of benzene rings is 1. The number of nitrogens with one attached hydrogen (secondary N) is 2. The van der Waals surface area contributed by atoms with E-state index in [0.29, 0.717) is 19.1 Å². The first-order chi connectivity index (χ1) is 13.2. The molecule has 2 N–H and O–H groups in total. The van der Waals surface area contributed by atoms with Gasteiger partial charge in [0.05, 0.1) is 13.1 Å². The second-order valence-corrected chi connectivity index (χ2v) is 7.05. The molecule has 0 unspecified atom stereocenters. The van der Waals surface area contributed by atoms with Crippen LogP contribution in [-0.2, 0) is 20.1 Å². The first-order valence-electron chi connectivity index (χ1n) is 9.47. The highest BCUT2D eigenvalue weighted by Crippen LogP contribution is 2.32. The van der Waals surface area contributed by atoms with Gasteiger partial charge < -0.3 is 24.7 Å². The summed E-state index contributed by atoms with van der Waals surface area (Å²) in [6.07, 6.45) is 4.92. The number of fused-ring (bicyclic) bond motifs is 1. The molecule has 0 bridgehead atoms. The third-order valence-electron chi connectivity index (χ3n) is 5.15. The van der Waals surface area contributed by atoms with Gasteiger partial charge in [-0.3, -0.25) is 0 Å². The highest BCUT2D eigenvalue weighted by molar-refractivity contribution is 14.0.